The van der Waals surface area contributed by atoms with Gasteiger partial charge in [0.2, 0.25) is 0 Å². The fraction of sp³-hybridized carbons (Fsp3) is 0.200. The summed E-state index contributed by atoms with van der Waals surface area (Å²) >= 11 is 0.666. The second kappa shape index (κ2) is 10.7. The molecule has 0 saturated heterocycles. The minimum atomic E-state index is -4.73. The summed E-state index contributed by atoms with van der Waals surface area (Å²) in [5, 5.41) is 11.1. The predicted octanol–water partition coefficient (Wildman–Crippen LogP) is 4.51. The number of methoxy groups -OCH3 is 2. The molecule has 0 N–H and O–H groups in total. The number of nitro groups is 1. The molecule has 8 nitrogen and oxygen atoms in total. The third kappa shape index (κ3) is 6.74. The number of benzene rings is 2. The van der Waals surface area contributed by atoms with E-state index in [1.165, 1.54) is 38.5 Å². The van der Waals surface area contributed by atoms with Crippen LogP contribution in [-0.4, -0.2) is 36.8 Å². The first-order valence-corrected chi connectivity index (χ1v) is 9.67. The Kier molecular flexibility index (Phi) is 8.24. The van der Waals surface area contributed by atoms with E-state index in [-0.39, 0.29) is 16.4 Å². The number of esters is 2. The SMILES string of the molecule is COC(=O)/C=C/c1ccc(OC(=O)CSc2ccc(C(F)(F)F)cc2[N+](=O)[O-])c(OC)c1. The number of ether oxygens (including phenoxy) is 3. The van der Waals surface area contributed by atoms with E-state index in [0.29, 0.717) is 29.5 Å². The van der Waals surface area contributed by atoms with Crippen molar-refractivity contribution in [2.75, 3.05) is 20.0 Å². The van der Waals surface area contributed by atoms with Crippen LogP contribution in [0.5, 0.6) is 11.5 Å². The standard InChI is InChI=1S/C20H16F3NO7S/c1-29-16-9-12(4-8-18(25)30-2)3-6-15(16)31-19(26)11-32-17-7-5-13(20(21,22)23)10-14(17)24(27)28/h3-10H,11H2,1-2H3/b8-4+. The largest absolute Gasteiger partial charge is 0.493 e. The molecule has 0 atom stereocenters. The van der Waals surface area contributed by atoms with Gasteiger partial charge in [0.25, 0.3) is 5.69 Å². The van der Waals surface area contributed by atoms with Gasteiger partial charge >= 0.3 is 18.1 Å². The topological polar surface area (TPSA) is 105 Å². The van der Waals surface area contributed by atoms with Crippen LogP contribution in [-0.2, 0) is 20.5 Å². The number of nitro benzene ring substituents is 1. The van der Waals surface area contributed by atoms with Gasteiger partial charge in [0.1, 0.15) is 0 Å². The number of hydrogen-bond acceptors (Lipinski definition) is 8. The minimum absolute atomic E-state index is 0.0511. The van der Waals surface area contributed by atoms with Gasteiger partial charge in [-0.1, -0.05) is 6.07 Å². The lowest BCUT2D eigenvalue weighted by molar-refractivity contribution is -0.388. The van der Waals surface area contributed by atoms with Crippen molar-refractivity contribution >= 4 is 35.5 Å². The average molecular weight is 471 g/mol. The molecule has 0 aliphatic carbocycles. The Hall–Kier alpha value is -3.54. The number of rotatable bonds is 8. The Morgan fingerprint density at radius 1 is 1.12 bits per heavy atom. The Bertz CT molecular complexity index is 1050. The van der Waals surface area contributed by atoms with E-state index >= 15 is 0 Å². The Morgan fingerprint density at radius 2 is 1.84 bits per heavy atom. The van der Waals surface area contributed by atoms with E-state index in [2.05, 4.69) is 4.74 Å². The van der Waals surface area contributed by atoms with E-state index in [9.17, 15) is 32.9 Å². The van der Waals surface area contributed by atoms with Crippen molar-refractivity contribution in [2.24, 2.45) is 0 Å². The highest BCUT2D eigenvalue weighted by Gasteiger charge is 2.33. The van der Waals surface area contributed by atoms with E-state index in [0.717, 1.165) is 6.07 Å². The van der Waals surface area contributed by atoms with Gasteiger partial charge in [-0.3, -0.25) is 14.9 Å². The number of carbonyl (C=O) groups is 2. The summed E-state index contributed by atoms with van der Waals surface area (Å²) in [4.78, 5) is 33.4. The summed E-state index contributed by atoms with van der Waals surface area (Å²) in [7, 11) is 2.56. The van der Waals surface area contributed by atoms with Crippen LogP contribution >= 0.6 is 11.8 Å². The molecule has 2 aromatic carbocycles. The first-order valence-electron chi connectivity index (χ1n) is 8.68. The van der Waals surface area contributed by atoms with Crippen LogP contribution in [0.25, 0.3) is 6.08 Å². The molecular formula is C20H16F3NO7S. The molecule has 0 aromatic heterocycles. The second-order valence-corrected chi connectivity index (χ2v) is 6.98. The maximum atomic E-state index is 12.8. The van der Waals surface area contributed by atoms with Crippen molar-refractivity contribution in [3.8, 4) is 11.5 Å². The van der Waals surface area contributed by atoms with Crippen molar-refractivity contribution in [1.82, 2.24) is 0 Å². The monoisotopic (exact) mass is 471 g/mol. The molecular weight excluding hydrogens is 455 g/mol. The second-order valence-electron chi connectivity index (χ2n) is 5.97. The van der Waals surface area contributed by atoms with Gasteiger partial charge < -0.3 is 14.2 Å². The van der Waals surface area contributed by atoms with Crippen molar-refractivity contribution in [3.05, 3.63) is 63.7 Å². The molecule has 0 heterocycles. The average Bonchev–Trinajstić information content (AvgIpc) is 2.75. The van der Waals surface area contributed by atoms with E-state index < -0.39 is 40.0 Å². The van der Waals surface area contributed by atoms with Crippen molar-refractivity contribution in [3.63, 3.8) is 0 Å². The number of nitrogens with zero attached hydrogens (tertiary/aromatic N) is 1. The number of carbonyl (C=O) groups excluding carboxylic acids is 2. The third-order valence-electron chi connectivity index (χ3n) is 3.85. The molecule has 170 valence electrons. The van der Waals surface area contributed by atoms with Crippen molar-refractivity contribution in [1.29, 1.82) is 0 Å². The van der Waals surface area contributed by atoms with Crippen LogP contribution in [0.4, 0.5) is 18.9 Å². The van der Waals surface area contributed by atoms with Gasteiger partial charge in [0.05, 0.1) is 35.4 Å². The van der Waals surface area contributed by atoms with Crippen LogP contribution in [0.1, 0.15) is 11.1 Å². The van der Waals surface area contributed by atoms with Gasteiger partial charge in [0, 0.05) is 12.1 Å². The highest BCUT2D eigenvalue weighted by Crippen LogP contribution is 2.37. The van der Waals surface area contributed by atoms with Crippen LogP contribution in [0.15, 0.2) is 47.4 Å². The molecule has 0 aliphatic heterocycles. The zero-order valence-electron chi connectivity index (χ0n) is 16.7. The summed E-state index contributed by atoms with van der Waals surface area (Å²) in [5.41, 5.74) is -1.37. The minimum Gasteiger partial charge on any atom is -0.493 e. The summed E-state index contributed by atoms with van der Waals surface area (Å²) in [5.74, 6) is -1.54. The summed E-state index contributed by atoms with van der Waals surface area (Å²) in [6.45, 7) is 0. The Balaban J connectivity index is 2.11. The molecule has 0 spiro atoms. The van der Waals surface area contributed by atoms with E-state index in [1.54, 1.807) is 6.07 Å². The molecule has 0 unspecified atom stereocenters. The Morgan fingerprint density at radius 3 is 2.44 bits per heavy atom. The zero-order chi connectivity index (χ0) is 23.9. The summed E-state index contributed by atoms with van der Waals surface area (Å²) in [6.07, 6.45) is -2.09. The number of thioether (sulfide) groups is 1. The maximum absolute atomic E-state index is 12.8. The molecule has 0 saturated carbocycles. The molecule has 0 aliphatic rings. The molecule has 2 rings (SSSR count). The molecule has 0 fully saturated rings. The Labute approximate surface area is 184 Å². The van der Waals surface area contributed by atoms with E-state index in [4.69, 9.17) is 9.47 Å². The molecule has 0 radical (unpaired) electrons. The van der Waals surface area contributed by atoms with Crippen LogP contribution in [0.2, 0.25) is 0 Å². The predicted molar refractivity (Wildman–Crippen MR) is 109 cm³/mol. The summed E-state index contributed by atoms with van der Waals surface area (Å²) in [6, 6.07) is 6.50. The highest BCUT2D eigenvalue weighted by atomic mass is 32.2. The zero-order valence-corrected chi connectivity index (χ0v) is 17.5. The first-order chi connectivity index (χ1) is 15.0. The number of halogens is 3. The van der Waals surface area contributed by atoms with Gasteiger partial charge in [-0.15, -0.1) is 11.8 Å². The molecule has 0 bridgehead atoms. The quantitative estimate of drug-likeness (QED) is 0.138. The van der Waals surface area contributed by atoms with Gasteiger partial charge in [-0.25, -0.2) is 4.79 Å². The van der Waals surface area contributed by atoms with Crippen molar-refractivity contribution in [2.45, 2.75) is 11.1 Å². The third-order valence-corrected chi connectivity index (χ3v) is 4.89. The molecule has 2 aromatic rings. The maximum Gasteiger partial charge on any atom is 0.416 e. The van der Waals surface area contributed by atoms with Crippen LogP contribution in [0.3, 0.4) is 0 Å². The highest BCUT2D eigenvalue weighted by molar-refractivity contribution is 8.00. The molecule has 0 amide bonds. The molecule has 12 heteroatoms. The lowest BCUT2D eigenvalue weighted by Gasteiger charge is -2.11. The lowest BCUT2D eigenvalue weighted by Crippen LogP contribution is -2.12. The number of hydrogen-bond donors (Lipinski definition) is 0. The number of alkyl halides is 3. The van der Waals surface area contributed by atoms with E-state index in [1.807, 2.05) is 0 Å². The van der Waals surface area contributed by atoms with Crippen LogP contribution < -0.4 is 9.47 Å². The van der Waals surface area contributed by atoms with Gasteiger partial charge in [0.15, 0.2) is 11.5 Å². The van der Waals surface area contributed by atoms with Crippen molar-refractivity contribution < 1.29 is 41.9 Å². The lowest BCUT2D eigenvalue weighted by atomic mass is 10.2. The molecule has 32 heavy (non-hydrogen) atoms. The van der Waals surface area contributed by atoms with Gasteiger partial charge in [-0.05, 0) is 35.9 Å². The fourth-order valence-electron chi connectivity index (χ4n) is 2.35. The first kappa shape index (κ1) is 24.7. The fourth-order valence-corrected chi connectivity index (χ4v) is 3.13. The van der Waals surface area contributed by atoms with Gasteiger partial charge in [-0.2, -0.15) is 13.2 Å². The summed E-state index contributed by atoms with van der Waals surface area (Å²) < 4.78 is 53.2. The van der Waals surface area contributed by atoms with Crippen LogP contribution in [0, 0.1) is 10.1 Å². The smallest absolute Gasteiger partial charge is 0.416 e. The normalized spacial score (nSPS) is 11.3.